The molecular formula is C14H17BrN2O4. The number of hydrogen-bond acceptors (Lipinski definition) is 3. The molecule has 0 aliphatic heterocycles. The number of rotatable bonds is 6. The number of nitrogens with one attached hydrogen (secondary N) is 2. The first kappa shape index (κ1) is 17.2. The molecule has 6 nitrogen and oxygen atoms in total. The van der Waals surface area contributed by atoms with Gasteiger partial charge in [-0.25, -0.2) is 0 Å². The number of carbonyl (C=O) groups excluding carboxylic acids is 2. The predicted octanol–water partition coefficient (Wildman–Crippen LogP) is 2.10. The summed E-state index contributed by atoms with van der Waals surface area (Å²) < 4.78 is 0.619. The molecule has 114 valence electrons. The van der Waals surface area contributed by atoms with Crippen molar-refractivity contribution in [1.29, 1.82) is 0 Å². The Balaban J connectivity index is 2.41. The Kier molecular flexibility index (Phi) is 6.87. The van der Waals surface area contributed by atoms with Gasteiger partial charge < -0.3 is 5.11 Å². The first-order valence-electron chi connectivity index (χ1n) is 6.52. The van der Waals surface area contributed by atoms with E-state index in [1.807, 2.05) is 0 Å². The fourth-order valence-electron chi connectivity index (χ4n) is 1.71. The molecule has 3 N–H and O–H groups in total. The van der Waals surface area contributed by atoms with E-state index in [0.29, 0.717) is 16.5 Å². The molecule has 0 saturated carbocycles. The molecular weight excluding hydrogens is 340 g/mol. The molecule has 1 aromatic rings. The first-order chi connectivity index (χ1) is 9.95. The van der Waals surface area contributed by atoms with Crippen molar-refractivity contribution >= 4 is 33.7 Å². The standard InChI is InChI=1S/C14H17BrN2O4/c1-2-9(14(20)21)7-8-12(18)16-17-13(19)10-5-3-4-6-11(10)15/h3-6,9H,2,7-8H2,1H3,(H,16,18)(H,17,19)(H,20,21)/t9-/m1/s1. The highest BCUT2D eigenvalue weighted by molar-refractivity contribution is 9.10. The van der Waals surface area contributed by atoms with Gasteiger partial charge in [0.1, 0.15) is 0 Å². The maximum atomic E-state index is 11.8. The third-order valence-electron chi connectivity index (χ3n) is 3.00. The van der Waals surface area contributed by atoms with Crippen molar-refractivity contribution in [3.63, 3.8) is 0 Å². The van der Waals surface area contributed by atoms with Crippen LogP contribution in [0.15, 0.2) is 28.7 Å². The van der Waals surface area contributed by atoms with E-state index >= 15 is 0 Å². The Labute approximate surface area is 131 Å². The molecule has 0 spiro atoms. The van der Waals surface area contributed by atoms with Crippen molar-refractivity contribution in [2.45, 2.75) is 26.2 Å². The number of benzene rings is 1. The largest absolute Gasteiger partial charge is 0.481 e. The van der Waals surface area contributed by atoms with Gasteiger partial charge in [0.05, 0.1) is 11.5 Å². The second-order valence-corrected chi connectivity index (χ2v) is 5.32. The summed E-state index contributed by atoms with van der Waals surface area (Å²) >= 11 is 3.24. The zero-order valence-electron chi connectivity index (χ0n) is 11.6. The molecule has 1 atom stereocenters. The van der Waals surface area contributed by atoms with Gasteiger partial charge in [-0.05, 0) is 40.9 Å². The molecule has 7 heteroatoms. The van der Waals surface area contributed by atoms with Gasteiger partial charge in [-0.15, -0.1) is 0 Å². The van der Waals surface area contributed by atoms with E-state index in [9.17, 15) is 14.4 Å². The molecule has 1 aromatic carbocycles. The SMILES string of the molecule is CC[C@H](CCC(=O)NNC(=O)c1ccccc1Br)C(=O)O. The molecule has 0 aromatic heterocycles. The fourth-order valence-corrected chi connectivity index (χ4v) is 2.17. The molecule has 0 aliphatic carbocycles. The van der Waals surface area contributed by atoms with Crippen LogP contribution in [-0.2, 0) is 9.59 Å². The summed E-state index contributed by atoms with van der Waals surface area (Å²) in [7, 11) is 0. The Morgan fingerprint density at radius 3 is 2.48 bits per heavy atom. The highest BCUT2D eigenvalue weighted by Gasteiger charge is 2.17. The van der Waals surface area contributed by atoms with Gasteiger partial charge >= 0.3 is 5.97 Å². The number of hydrogen-bond donors (Lipinski definition) is 3. The topological polar surface area (TPSA) is 95.5 Å². The van der Waals surface area contributed by atoms with Crippen LogP contribution in [-0.4, -0.2) is 22.9 Å². The number of hydrazine groups is 1. The third-order valence-corrected chi connectivity index (χ3v) is 3.69. The Morgan fingerprint density at radius 1 is 1.24 bits per heavy atom. The Morgan fingerprint density at radius 2 is 1.90 bits per heavy atom. The smallest absolute Gasteiger partial charge is 0.306 e. The fraction of sp³-hybridized carbons (Fsp3) is 0.357. The zero-order chi connectivity index (χ0) is 15.8. The molecule has 0 fully saturated rings. The molecule has 0 radical (unpaired) electrons. The van der Waals surface area contributed by atoms with Crippen molar-refractivity contribution in [3.8, 4) is 0 Å². The van der Waals surface area contributed by atoms with Crippen LogP contribution < -0.4 is 10.9 Å². The summed E-state index contributed by atoms with van der Waals surface area (Å²) in [5, 5.41) is 8.88. The van der Waals surface area contributed by atoms with Gasteiger partial charge in [-0.1, -0.05) is 19.1 Å². The van der Waals surface area contributed by atoms with Crippen molar-refractivity contribution in [2.75, 3.05) is 0 Å². The minimum Gasteiger partial charge on any atom is -0.481 e. The third kappa shape index (κ3) is 5.55. The molecule has 21 heavy (non-hydrogen) atoms. The second-order valence-electron chi connectivity index (χ2n) is 4.46. The number of carboxylic acids is 1. The number of halogens is 1. The van der Waals surface area contributed by atoms with Gasteiger partial charge in [0.2, 0.25) is 5.91 Å². The lowest BCUT2D eigenvalue weighted by molar-refractivity contribution is -0.142. The highest BCUT2D eigenvalue weighted by atomic mass is 79.9. The van der Waals surface area contributed by atoms with Crippen LogP contribution in [0.5, 0.6) is 0 Å². The normalized spacial score (nSPS) is 11.5. The second kappa shape index (κ2) is 8.41. The zero-order valence-corrected chi connectivity index (χ0v) is 13.1. The maximum absolute atomic E-state index is 11.8. The van der Waals surface area contributed by atoms with Crippen LogP contribution >= 0.6 is 15.9 Å². The lowest BCUT2D eigenvalue weighted by Crippen LogP contribution is -2.41. The summed E-state index contributed by atoms with van der Waals surface area (Å²) in [5.41, 5.74) is 4.97. The van der Waals surface area contributed by atoms with Crippen LogP contribution in [0.3, 0.4) is 0 Å². The maximum Gasteiger partial charge on any atom is 0.306 e. The lowest BCUT2D eigenvalue weighted by atomic mass is 10.0. The molecule has 2 amide bonds. The van der Waals surface area contributed by atoms with Gasteiger partial charge in [0.15, 0.2) is 0 Å². The van der Waals surface area contributed by atoms with Gasteiger partial charge in [0, 0.05) is 10.9 Å². The first-order valence-corrected chi connectivity index (χ1v) is 7.31. The van der Waals surface area contributed by atoms with Gasteiger partial charge in [-0.3, -0.25) is 25.2 Å². The molecule has 0 unspecified atom stereocenters. The number of aliphatic carboxylic acids is 1. The molecule has 0 bridgehead atoms. The van der Waals surface area contributed by atoms with Gasteiger partial charge in [0.25, 0.3) is 5.91 Å². The lowest BCUT2D eigenvalue weighted by Gasteiger charge is -2.11. The monoisotopic (exact) mass is 356 g/mol. The summed E-state index contributed by atoms with van der Waals surface area (Å²) in [6.45, 7) is 1.76. The van der Waals surface area contributed by atoms with E-state index in [0.717, 1.165) is 0 Å². The predicted molar refractivity (Wildman–Crippen MR) is 80.4 cm³/mol. The van der Waals surface area contributed by atoms with E-state index in [-0.39, 0.29) is 12.8 Å². The summed E-state index contributed by atoms with van der Waals surface area (Å²) in [5.74, 6) is -2.33. The number of carboxylic acid groups (broad SMARTS) is 1. The molecule has 0 heterocycles. The van der Waals surface area contributed by atoms with Crippen LogP contribution in [0, 0.1) is 5.92 Å². The minimum atomic E-state index is -0.914. The van der Waals surface area contributed by atoms with Crippen molar-refractivity contribution in [1.82, 2.24) is 10.9 Å². The van der Waals surface area contributed by atoms with E-state index < -0.39 is 23.7 Å². The number of amides is 2. The summed E-state index contributed by atoms with van der Waals surface area (Å²) in [6, 6.07) is 6.81. The van der Waals surface area contributed by atoms with E-state index in [1.54, 1.807) is 31.2 Å². The van der Waals surface area contributed by atoms with Crippen LogP contribution in [0.25, 0.3) is 0 Å². The Hall–Kier alpha value is -1.89. The molecule has 0 saturated heterocycles. The summed E-state index contributed by atoms with van der Waals surface area (Å²) in [4.78, 5) is 34.2. The minimum absolute atomic E-state index is 0.0427. The van der Waals surface area contributed by atoms with Crippen LogP contribution in [0.2, 0.25) is 0 Å². The van der Waals surface area contributed by atoms with Crippen molar-refractivity contribution in [3.05, 3.63) is 34.3 Å². The summed E-state index contributed by atoms with van der Waals surface area (Å²) in [6.07, 6.45) is 0.746. The Bertz CT molecular complexity index is 533. The quantitative estimate of drug-likeness (QED) is 0.680. The van der Waals surface area contributed by atoms with E-state index in [1.165, 1.54) is 0 Å². The van der Waals surface area contributed by atoms with Crippen molar-refractivity contribution in [2.24, 2.45) is 5.92 Å². The average molecular weight is 357 g/mol. The number of carbonyl (C=O) groups is 3. The van der Waals surface area contributed by atoms with Crippen LogP contribution in [0.1, 0.15) is 36.5 Å². The molecule has 1 rings (SSSR count). The van der Waals surface area contributed by atoms with E-state index in [2.05, 4.69) is 26.8 Å². The van der Waals surface area contributed by atoms with Crippen molar-refractivity contribution < 1.29 is 19.5 Å². The van der Waals surface area contributed by atoms with E-state index in [4.69, 9.17) is 5.11 Å². The average Bonchev–Trinajstić information content (AvgIpc) is 2.45. The van der Waals surface area contributed by atoms with Crippen LogP contribution in [0.4, 0.5) is 0 Å². The highest BCUT2D eigenvalue weighted by Crippen LogP contribution is 2.15. The van der Waals surface area contributed by atoms with Gasteiger partial charge in [-0.2, -0.15) is 0 Å². The molecule has 0 aliphatic rings.